The van der Waals surface area contributed by atoms with Crippen molar-refractivity contribution in [1.29, 1.82) is 0 Å². The highest BCUT2D eigenvalue weighted by Gasteiger charge is 2.24. The second-order valence-corrected chi connectivity index (χ2v) is 3.35. The molecule has 2 aliphatic carbocycles. The van der Waals surface area contributed by atoms with Crippen molar-refractivity contribution < 1.29 is 0 Å². The fourth-order valence-corrected chi connectivity index (χ4v) is 1.98. The molecule has 0 N–H and O–H groups in total. The summed E-state index contributed by atoms with van der Waals surface area (Å²) in [6.45, 7) is 0. The second-order valence-electron chi connectivity index (χ2n) is 3.35. The van der Waals surface area contributed by atoms with Crippen LogP contribution in [0.4, 0.5) is 0 Å². The maximum Gasteiger partial charge on any atom is -0.0170 e. The summed E-state index contributed by atoms with van der Waals surface area (Å²) in [6, 6.07) is 0. The molecule has 1 saturated carbocycles. The van der Waals surface area contributed by atoms with Gasteiger partial charge in [-0.05, 0) is 24.7 Å². The Bertz CT molecular complexity index is 110. The Labute approximate surface area is 57.0 Å². The van der Waals surface area contributed by atoms with Crippen molar-refractivity contribution in [2.75, 3.05) is 0 Å². The molecule has 9 heavy (non-hydrogen) atoms. The van der Waals surface area contributed by atoms with Gasteiger partial charge in [0.2, 0.25) is 0 Å². The van der Waals surface area contributed by atoms with Gasteiger partial charge in [-0.25, -0.2) is 0 Å². The number of rotatable bonds is 0. The lowest BCUT2D eigenvalue weighted by atomic mass is 9.79. The number of hydrogen-bond donors (Lipinski definition) is 0. The Balaban J connectivity index is 1.99. The molecule has 0 spiro atoms. The van der Waals surface area contributed by atoms with Gasteiger partial charge in [-0.2, -0.15) is 0 Å². The first kappa shape index (κ1) is 5.52. The standard InChI is InChI=1S/C9H14/c1-2-4-8-6-7-9(8)5-3-1/h6-9H,1-5H2/t8-,9-/m0/s1. The van der Waals surface area contributed by atoms with Crippen LogP contribution in [0.1, 0.15) is 32.1 Å². The minimum Gasteiger partial charge on any atom is -0.0845 e. The topological polar surface area (TPSA) is 0 Å². The lowest BCUT2D eigenvalue weighted by Crippen LogP contribution is -2.16. The van der Waals surface area contributed by atoms with Crippen LogP contribution in [0.5, 0.6) is 0 Å². The van der Waals surface area contributed by atoms with E-state index in [0.717, 1.165) is 11.8 Å². The van der Waals surface area contributed by atoms with E-state index < -0.39 is 0 Å². The van der Waals surface area contributed by atoms with E-state index in [4.69, 9.17) is 0 Å². The molecule has 2 aliphatic rings. The zero-order chi connectivity index (χ0) is 6.10. The van der Waals surface area contributed by atoms with Gasteiger partial charge in [-0.1, -0.05) is 31.4 Å². The van der Waals surface area contributed by atoms with Crippen LogP contribution in [0.2, 0.25) is 0 Å². The van der Waals surface area contributed by atoms with E-state index in [-0.39, 0.29) is 0 Å². The fraction of sp³-hybridized carbons (Fsp3) is 0.778. The fourth-order valence-electron chi connectivity index (χ4n) is 1.98. The summed E-state index contributed by atoms with van der Waals surface area (Å²) in [4.78, 5) is 0. The molecule has 0 heteroatoms. The molecule has 2 rings (SSSR count). The third kappa shape index (κ3) is 0.910. The Kier molecular flexibility index (Phi) is 1.33. The Morgan fingerprint density at radius 1 is 0.778 bits per heavy atom. The summed E-state index contributed by atoms with van der Waals surface area (Å²) >= 11 is 0. The van der Waals surface area contributed by atoms with Gasteiger partial charge >= 0.3 is 0 Å². The van der Waals surface area contributed by atoms with Gasteiger partial charge in [0, 0.05) is 0 Å². The molecule has 50 valence electrons. The molecule has 0 amide bonds. The van der Waals surface area contributed by atoms with Crippen molar-refractivity contribution >= 4 is 0 Å². The van der Waals surface area contributed by atoms with Crippen molar-refractivity contribution in [1.82, 2.24) is 0 Å². The molecule has 0 aliphatic heterocycles. The van der Waals surface area contributed by atoms with E-state index in [1.165, 1.54) is 32.1 Å². The predicted molar refractivity (Wildman–Crippen MR) is 39.2 cm³/mol. The third-order valence-electron chi connectivity index (χ3n) is 2.73. The molecule has 0 radical (unpaired) electrons. The SMILES string of the molecule is C1=C[C@@H]2CCCCC[C@@H]12. The van der Waals surface area contributed by atoms with E-state index in [2.05, 4.69) is 12.2 Å². The van der Waals surface area contributed by atoms with Crippen LogP contribution in [0.15, 0.2) is 12.2 Å². The predicted octanol–water partition coefficient (Wildman–Crippen LogP) is 2.75. The van der Waals surface area contributed by atoms with Crippen LogP contribution >= 0.6 is 0 Å². The highest BCUT2D eigenvalue weighted by atomic mass is 14.3. The van der Waals surface area contributed by atoms with E-state index in [0.29, 0.717) is 0 Å². The zero-order valence-corrected chi connectivity index (χ0v) is 5.84. The zero-order valence-electron chi connectivity index (χ0n) is 5.84. The molecule has 0 aromatic heterocycles. The summed E-state index contributed by atoms with van der Waals surface area (Å²) < 4.78 is 0. The van der Waals surface area contributed by atoms with Gasteiger partial charge in [0.15, 0.2) is 0 Å². The molecule has 0 bridgehead atoms. The summed E-state index contributed by atoms with van der Waals surface area (Å²) in [6.07, 6.45) is 12.2. The average Bonchev–Trinajstić information content (AvgIpc) is 1.94. The molecule has 0 heterocycles. The van der Waals surface area contributed by atoms with Crippen molar-refractivity contribution in [2.45, 2.75) is 32.1 Å². The van der Waals surface area contributed by atoms with Crippen LogP contribution in [0, 0.1) is 11.8 Å². The van der Waals surface area contributed by atoms with Gasteiger partial charge in [-0.3, -0.25) is 0 Å². The number of hydrogen-bond acceptors (Lipinski definition) is 0. The first-order chi connectivity index (χ1) is 4.47. The van der Waals surface area contributed by atoms with Crippen molar-refractivity contribution in [3.8, 4) is 0 Å². The van der Waals surface area contributed by atoms with Crippen LogP contribution in [0.3, 0.4) is 0 Å². The normalized spacial score (nSPS) is 40.9. The Morgan fingerprint density at radius 3 is 1.78 bits per heavy atom. The van der Waals surface area contributed by atoms with Gasteiger partial charge in [0.1, 0.15) is 0 Å². The Morgan fingerprint density at radius 2 is 1.33 bits per heavy atom. The lowest BCUT2D eigenvalue weighted by Gasteiger charge is -2.26. The molecular weight excluding hydrogens is 108 g/mol. The maximum absolute atomic E-state index is 2.40. The van der Waals surface area contributed by atoms with Gasteiger partial charge in [-0.15, -0.1) is 0 Å². The van der Waals surface area contributed by atoms with E-state index in [1.54, 1.807) is 0 Å². The highest BCUT2D eigenvalue weighted by Crippen LogP contribution is 2.36. The monoisotopic (exact) mass is 122 g/mol. The maximum atomic E-state index is 2.40. The largest absolute Gasteiger partial charge is 0.0845 e. The van der Waals surface area contributed by atoms with Gasteiger partial charge < -0.3 is 0 Å². The van der Waals surface area contributed by atoms with Crippen LogP contribution in [0.25, 0.3) is 0 Å². The quantitative estimate of drug-likeness (QED) is 0.433. The Hall–Kier alpha value is -0.260. The first-order valence-electron chi connectivity index (χ1n) is 4.15. The van der Waals surface area contributed by atoms with Crippen molar-refractivity contribution in [3.05, 3.63) is 12.2 Å². The second kappa shape index (κ2) is 2.17. The molecule has 0 aromatic carbocycles. The smallest absolute Gasteiger partial charge is 0.0170 e. The van der Waals surface area contributed by atoms with Gasteiger partial charge in [0.05, 0.1) is 0 Å². The summed E-state index contributed by atoms with van der Waals surface area (Å²) in [7, 11) is 0. The number of fused-ring (bicyclic) bond motifs is 1. The molecule has 1 fully saturated rings. The lowest BCUT2D eigenvalue weighted by molar-refractivity contribution is 0.403. The average molecular weight is 122 g/mol. The molecule has 0 nitrogen and oxygen atoms in total. The summed E-state index contributed by atoms with van der Waals surface area (Å²) in [5, 5.41) is 0. The minimum absolute atomic E-state index is 0.993. The van der Waals surface area contributed by atoms with E-state index in [9.17, 15) is 0 Å². The van der Waals surface area contributed by atoms with Crippen LogP contribution in [-0.4, -0.2) is 0 Å². The minimum atomic E-state index is 0.993. The van der Waals surface area contributed by atoms with Gasteiger partial charge in [0.25, 0.3) is 0 Å². The summed E-state index contributed by atoms with van der Waals surface area (Å²) in [5.41, 5.74) is 0. The highest BCUT2D eigenvalue weighted by molar-refractivity contribution is 5.09. The molecule has 0 aromatic rings. The first-order valence-corrected chi connectivity index (χ1v) is 4.15. The van der Waals surface area contributed by atoms with Crippen molar-refractivity contribution in [2.24, 2.45) is 11.8 Å². The van der Waals surface area contributed by atoms with E-state index in [1.807, 2.05) is 0 Å². The molecule has 2 atom stereocenters. The number of allylic oxidation sites excluding steroid dienone is 2. The van der Waals surface area contributed by atoms with Crippen molar-refractivity contribution in [3.63, 3.8) is 0 Å². The molecular formula is C9H14. The van der Waals surface area contributed by atoms with E-state index >= 15 is 0 Å². The van der Waals surface area contributed by atoms with Crippen LogP contribution < -0.4 is 0 Å². The molecule has 0 saturated heterocycles. The summed E-state index contributed by atoms with van der Waals surface area (Å²) in [5.74, 6) is 1.99. The molecule has 0 unspecified atom stereocenters. The third-order valence-corrected chi connectivity index (χ3v) is 2.73. The van der Waals surface area contributed by atoms with Crippen LogP contribution in [-0.2, 0) is 0 Å².